The van der Waals surface area contributed by atoms with E-state index in [4.69, 9.17) is 0 Å². The van der Waals surface area contributed by atoms with Crippen LogP contribution in [0.25, 0.3) is 6.08 Å². The fourth-order valence-corrected chi connectivity index (χ4v) is 5.33. The number of aryl methyl sites for hydroxylation is 1. The first-order valence-electron chi connectivity index (χ1n) is 12.5. The number of carbonyl (C=O) groups excluding carboxylic acids is 2. The predicted octanol–water partition coefficient (Wildman–Crippen LogP) is 6.79. The van der Waals surface area contributed by atoms with Crippen LogP contribution >= 0.6 is 11.8 Å². The van der Waals surface area contributed by atoms with E-state index in [0.29, 0.717) is 22.6 Å². The molecule has 0 unspecified atom stereocenters. The first-order valence-corrected chi connectivity index (χ1v) is 13.3. The van der Waals surface area contributed by atoms with Crippen molar-refractivity contribution in [1.29, 1.82) is 0 Å². The number of halogens is 1. The minimum atomic E-state index is -0.339. The van der Waals surface area contributed by atoms with Crippen molar-refractivity contribution in [2.24, 2.45) is 0 Å². The summed E-state index contributed by atoms with van der Waals surface area (Å²) >= 11 is 1.40. The summed E-state index contributed by atoms with van der Waals surface area (Å²) in [5, 5.41) is 2.96. The number of nitrogens with zero attached hydrogens (tertiary/aromatic N) is 1. The molecule has 2 amide bonds. The maximum atomic E-state index is 14.4. The summed E-state index contributed by atoms with van der Waals surface area (Å²) in [7, 11) is 0. The van der Waals surface area contributed by atoms with E-state index in [-0.39, 0.29) is 24.2 Å². The zero-order valence-corrected chi connectivity index (χ0v) is 21.8. The van der Waals surface area contributed by atoms with Crippen molar-refractivity contribution >= 4 is 35.3 Å². The molecule has 6 heteroatoms. The second-order valence-electron chi connectivity index (χ2n) is 9.17. The Kier molecular flexibility index (Phi) is 7.70. The molecular weight excluding hydrogens is 495 g/mol. The monoisotopic (exact) mass is 522 g/mol. The van der Waals surface area contributed by atoms with Crippen molar-refractivity contribution in [1.82, 2.24) is 5.32 Å². The molecule has 0 saturated carbocycles. The van der Waals surface area contributed by atoms with Crippen molar-refractivity contribution in [3.05, 3.63) is 136 Å². The number of fused-ring (bicyclic) bond motifs is 1. The van der Waals surface area contributed by atoms with Gasteiger partial charge in [-0.25, -0.2) is 4.39 Å². The molecule has 1 N–H and O–H groups in total. The van der Waals surface area contributed by atoms with E-state index in [0.717, 1.165) is 22.6 Å². The van der Waals surface area contributed by atoms with Crippen molar-refractivity contribution in [3.8, 4) is 0 Å². The Balaban J connectivity index is 1.29. The van der Waals surface area contributed by atoms with Crippen LogP contribution in [0.15, 0.2) is 107 Å². The molecular formula is C32H27FN2O2S. The van der Waals surface area contributed by atoms with Crippen LogP contribution < -0.4 is 10.2 Å². The number of thioether (sulfide) groups is 1. The topological polar surface area (TPSA) is 49.4 Å². The van der Waals surface area contributed by atoms with E-state index >= 15 is 0 Å². The van der Waals surface area contributed by atoms with Crippen molar-refractivity contribution in [3.63, 3.8) is 0 Å². The summed E-state index contributed by atoms with van der Waals surface area (Å²) in [6.07, 6.45) is 2.58. The van der Waals surface area contributed by atoms with E-state index < -0.39 is 0 Å². The third kappa shape index (κ3) is 5.87. The molecule has 1 aliphatic heterocycles. The molecule has 190 valence electrons. The number of hydrogen-bond acceptors (Lipinski definition) is 3. The van der Waals surface area contributed by atoms with E-state index in [9.17, 15) is 14.0 Å². The molecule has 0 bridgehead atoms. The van der Waals surface area contributed by atoms with Crippen LogP contribution in [0, 0.1) is 12.7 Å². The van der Waals surface area contributed by atoms with Crippen LogP contribution in [-0.4, -0.2) is 18.4 Å². The Hall–Kier alpha value is -4.16. The fraction of sp³-hybridized carbons (Fsp3) is 0.125. The first-order chi connectivity index (χ1) is 18.5. The highest BCUT2D eigenvalue weighted by Gasteiger charge is 2.29. The average molecular weight is 523 g/mol. The maximum absolute atomic E-state index is 14.4. The summed E-state index contributed by atoms with van der Waals surface area (Å²) in [6, 6.07) is 29.6. The Morgan fingerprint density at radius 2 is 1.63 bits per heavy atom. The molecule has 4 nitrogen and oxygen atoms in total. The van der Waals surface area contributed by atoms with Crippen LogP contribution in [0.1, 0.15) is 32.6 Å². The molecule has 4 aromatic rings. The quantitative estimate of drug-likeness (QED) is 0.272. The van der Waals surface area contributed by atoms with Gasteiger partial charge < -0.3 is 10.2 Å². The molecule has 0 spiro atoms. The second kappa shape index (κ2) is 11.5. The SMILES string of the molecule is Cc1ccc(CCNC(=O)c2ccc(C=C3Sc4ccccc4N(Cc4ccccc4F)C3=O)cc2)cc1. The Morgan fingerprint density at radius 3 is 2.39 bits per heavy atom. The second-order valence-corrected chi connectivity index (χ2v) is 10.3. The van der Waals surface area contributed by atoms with Gasteiger partial charge in [0.1, 0.15) is 5.82 Å². The summed E-state index contributed by atoms with van der Waals surface area (Å²) in [4.78, 5) is 29.2. The number of rotatable bonds is 7. The first kappa shape index (κ1) is 25.5. The van der Waals surface area contributed by atoms with Crippen LogP contribution in [0.3, 0.4) is 0 Å². The van der Waals surface area contributed by atoms with Gasteiger partial charge in [-0.15, -0.1) is 0 Å². The Bertz CT molecular complexity index is 1500. The lowest BCUT2D eigenvalue weighted by molar-refractivity contribution is -0.114. The molecule has 0 aliphatic carbocycles. The number of hydrogen-bond donors (Lipinski definition) is 1. The molecule has 38 heavy (non-hydrogen) atoms. The highest BCUT2D eigenvalue weighted by Crippen LogP contribution is 2.42. The van der Waals surface area contributed by atoms with Crippen LogP contribution in [-0.2, 0) is 17.8 Å². The summed E-state index contributed by atoms with van der Waals surface area (Å²) in [5.41, 5.74) is 4.98. The van der Waals surface area contributed by atoms with E-state index in [1.165, 1.54) is 29.0 Å². The molecule has 0 saturated heterocycles. The largest absolute Gasteiger partial charge is 0.352 e. The number of nitrogens with one attached hydrogen (secondary N) is 1. The third-order valence-electron chi connectivity index (χ3n) is 6.41. The average Bonchev–Trinajstić information content (AvgIpc) is 2.93. The predicted molar refractivity (Wildman–Crippen MR) is 152 cm³/mol. The van der Waals surface area contributed by atoms with Crippen molar-refractivity contribution in [2.75, 3.05) is 11.4 Å². The van der Waals surface area contributed by atoms with Gasteiger partial charge in [-0.05, 0) is 60.9 Å². The minimum Gasteiger partial charge on any atom is -0.352 e. The number of carbonyl (C=O) groups is 2. The number of benzene rings is 4. The summed E-state index contributed by atoms with van der Waals surface area (Å²) in [6.45, 7) is 2.74. The standard InChI is InChI=1S/C32H27FN2O2S/c1-22-10-12-23(13-11-22)18-19-34-31(36)25-16-14-24(15-17-25)20-30-32(37)35(21-26-6-2-3-7-27(26)33)28-8-4-5-9-29(28)38-30/h2-17,20H,18-19,21H2,1H3,(H,34,36). The van der Waals surface area contributed by atoms with Crippen LogP contribution in [0.2, 0.25) is 0 Å². The zero-order valence-electron chi connectivity index (χ0n) is 21.0. The molecule has 5 rings (SSSR count). The van der Waals surface area contributed by atoms with Crippen molar-refractivity contribution < 1.29 is 14.0 Å². The number of amides is 2. The highest BCUT2D eigenvalue weighted by atomic mass is 32.2. The summed E-state index contributed by atoms with van der Waals surface area (Å²) < 4.78 is 14.4. The van der Waals surface area contributed by atoms with E-state index in [1.54, 1.807) is 35.2 Å². The zero-order chi connectivity index (χ0) is 26.5. The minimum absolute atomic E-state index is 0.135. The number of anilines is 1. The fourth-order valence-electron chi connectivity index (χ4n) is 4.28. The van der Waals surface area contributed by atoms with Crippen LogP contribution in [0.5, 0.6) is 0 Å². The lowest BCUT2D eigenvalue weighted by atomic mass is 10.1. The molecule has 0 aromatic heterocycles. The number of para-hydroxylation sites is 1. The van der Waals surface area contributed by atoms with Crippen LogP contribution in [0.4, 0.5) is 10.1 Å². The Morgan fingerprint density at radius 1 is 0.921 bits per heavy atom. The van der Waals surface area contributed by atoms with Gasteiger partial charge in [-0.1, -0.05) is 84.1 Å². The van der Waals surface area contributed by atoms with Crippen molar-refractivity contribution in [2.45, 2.75) is 24.8 Å². The molecule has 0 fully saturated rings. The lowest BCUT2D eigenvalue weighted by Crippen LogP contribution is -2.34. The molecule has 4 aromatic carbocycles. The van der Waals surface area contributed by atoms with Gasteiger partial charge in [0, 0.05) is 22.6 Å². The third-order valence-corrected chi connectivity index (χ3v) is 7.49. The molecule has 1 aliphatic rings. The molecule has 1 heterocycles. The highest BCUT2D eigenvalue weighted by molar-refractivity contribution is 8.04. The van der Waals surface area contributed by atoms with Gasteiger partial charge >= 0.3 is 0 Å². The Labute approximate surface area is 226 Å². The maximum Gasteiger partial charge on any atom is 0.265 e. The normalized spacial score (nSPS) is 13.9. The van der Waals surface area contributed by atoms with Gasteiger partial charge in [0.2, 0.25) is 0 Å². The smallest absolute Gasteiger partial charge is 0.265 e. The molecule has 0 radical (unpaired) electrons. The van der Waals surface area contributed by atoms with Gasteiger partial charge in [0.05, 0.1) is 17.1 Å². The van der Waals surface area contributed by atoms with Gasteiger partial charge in [-0.3, -0.25) is 9.59 Å². The van der Waals surface area contributed by atoms with E-state index in [1.807, 2.05) is 42.5 Å². The molecule has 0 atom stereocenters. The van der Waals surface area contributed by atoms with Gasteiger partial charge in [0.25, 0.3) is 11.8 Å². The van der Waals surface area contributed by atoms with Gasteiger partial charge in [0.15, 0.2) is 0 Å². The van der Waals surface area contributed by atoms with Gasteiger partial charge in [-0.2, -0.15) is 0 Å². The van der Waals surface area contributed by atoms with E-state index in [2.05, 4.69) is 36.5 Å². The lowest BCUT2D eigenvalue weighted by Gasteiger charge is -2.30. The summed E-state index contributed by atoms with van der Waals surface area (Å²) in [5.74, 6) is -0.659.